The monoisotopic (exact) mass is 402 g/mol. The van der Waals surface area contributed by atoms with Gasteiger partial charge in [0, 0.05) is 12.5 Å². The summed E-state index contributed by atoms with van der Waals surface area (Å²) in [6, 6.07) is 0. The number of hydrogen-bond acceptors (Lipinski definition) is 6. The number of rotatable bonds is 23. The molecule has 0 amide bonds. The Kier molecular flexibility index (Phi) is 25.0. The molecule has 158 valence electrons. The van der Waals surface area contributed by atoms with E-state index >= 15 is 0 Å². The van der Waals surface area contributed by atoms with E-state index in [1.807, 2.05) is 0 Å². The molecule has 8 heteroatoms. The Morgan fingerprint density at radius 1 is 0.423 bits per heavy atom. The molecule has 0 aliphatic rings. The second-order valence-electron chi connectivity index (χ2n) is 5.47. The van der Waals surface area contributed by atoms with Crippen LogP contribution >= 0.6 is 11.6 Å². The fourth-order valence-corrected chi connectivity index (χ4v) is 2.10. The molecule has 0 bridgehead atoms. The van der Waals surface area contributed by atoms with Crippen molar-refractivity contribution < 1.29 is 32.8 Å². The van der Waals surface area contributed by atoms with Crippen LogP contribution in [0.2, 0.25) is 0 Å². The molecule has 0 aromatic heterocycles. The molecular formula is C18H36ClFO6. The van der Waals surface area contributed by atoms with E-state index in [2.05, 4.69) is 0 Å². The van der Waals surface area contributed by atoms with Crippen LogP contribution in [0.4, 0.5) is 4.39 Å². The third-order valence-electron chi connectivity index (χ3n) is 3.25. The average molecular weight is 403 g/mol. The van der Waals surface area contributed by atoms with Crippen molar-refractivity contribution >= 4 is 11.6 Å². The van der Waals surface area contributed by atoms with Crippen LogP contribution < -0.4 is 0 Å². The van der Waals surface area contributed by atoms with Gasteiger partial charge in [0.25, 0.3) is 0 Å². The van der Waals surface area contributed by atoms with Gasteiger partial charge in [0.1, 0.15) is 6.67 Å². The van der Waals surface area contributed by atoms with E-state index in [0.717, 1.165) is 25.3 Å². The maximum atomic E-state index is 11.7. The lowest BCUT2D eigenvalue weighted by Crippen LogP contribution is -2.14. The summed E-state index contributed by atoms with van der Waals surface area (Å²) in [5, 5.41) is 0. The molecule has 0 aromatic rings. The van der Waals surface area contributed by atoms with Gasteiger partial charge in [-0.3, -0.25) is 0 Å². The lowest BCUT2D eigenvalue weighted by molar-refractivity contribution is -0.0172. The smallest absolute Gasteiger partial charge is 0.113 e. The molecule has 0 fully saturated rings. The van der Waals surface area contributed by atoms with Gasteiger partial charge in [0.2, 0.25) is 0 Å². The van der Waals surface area contributed by atoms with Crippen LogP contribution in [0.15, 0.2) is 0 Å². The highest BCUT2D eigenvalue weighted by Crippen LogP contribution is 2.01. The van der Waals surface area contributed by atoms with Crippen molar-refractivity contribution in [2.75, 3.05) is 91.8 Å². The molecule has 0 atom stereocenters. The van der Waals surface area contributed by atoms with Crippen LogP contribution in [0, 0.1) is 0 Å². The zero-order chi connectivity index (χ0) is 19.0. The Hall–Kier alpha value is -0.0200. The largest absolute Gasteiger partial charge is 0.379 e. The summed E-state index contributed by atoms with van der Waals surface area (Å²) in [4.78, 5) is 0. The van der Waals surface area contributed by atoms with Crippen molar-refractivity contribution in [3.63, 3.8) is 0 Å². The molecular weight excluding hydrogens is 367 g/mol. The van der Waals surface area contributed by atoms with Gasteiger partial charge < -0.3 is 28.4 Å². The van der Waals surface area contributed by atoms with E-state index in [1.165, 1.54) is 12.8 Å². The van der Waals surface area contributed by atoms with Crippen molar-refractivity contribution in [2.45, 2.75) is 25.7 Å². The molecule has 0 N–H and O–H groups in total. The zero-order valence-corrected chi connectivity index (χ0v) is 16.7. The van der Waals surface area contributed by atoms with E-state index in [-0.39, 0.29) is 6.61 Å². The van der Waals surface area contributed by atoms with Crippen molar-refractivity contribution in [1.29, 1.82) is 0 Å². The minimum atomic E-state index is -0.461. The van der Waals surface area contributed by atoms with Crippen LogP contribution in [-0.4, -0.2) is 91.8 Å². The Labute approximate surface area is 162 Å². The first-order valence-electron chi connectivity index (χ1n) is 9.50. The molecule has 0 unspecified atom stereocenters. The summed E-state index contributed by atoms with van der Waals surface area (Å²) < 4.78 is 43.6. The van der Waals surface area contributed by atoms with Crippen LogP contribution in [0.1, 0.15) is 25.7 Å². The molecule has 0 rings (SSSR count). The van der Waals surface area contributed by atoms with Gasteiger partial charge in [-0.05, 0) is 12.8 Å². The van der Waals surface area contributed by atoms with Gasteiger partial charge in [-0.25, -0.2) is 4.39 Å². The summed E-state index contributed by atoms with van der Waals surface area (Å²) in [6.07, 6.45) is 4.51. The number of alkyl halides is 2. The Balaban J connectivity index is 2.95. The highest BCUT2D eigenvalue weighted by atomic mass is 35.5. The van der Waals surface area contributed by atoms with Crippen molar-refractivity contribution in [2.24, 2.45) is 0 Å². The second kappa shape index (κ2) is 25.0. The minimum Gasteiger partial charge on any atom is -0.379 e. The van der Waals surface area contributed by atoms with E-state index in [1.54, 1.807) is 0 Å². The predicted octanol–water partition coefficient (Wildman–Crippen LogP) is 2.85. The van der Waals surface area contributed by atoms with Gasteiger partial charge in [-0.2, -0.15) is 0 Å². The Bertz CT molecular complexity index is 228. The number of unbranched alkanes of at least 4 members (excludes halogenated alkanes) is 3. The number of hydrogen-bond donors (Lipinski definition) is 0. The minimum absolute atomic E-state index is 0.128. The molecule has 0 aromatic carbocycles. The number of ether oxygens (including phenoxy) is 6. The van der Waals surface area contributed by atoms with Gasteiger partial charge in [-0.15, -0.1) is 11.6 Å². The van der Waals surface area contributed by atoms with E-state index < -0.39 is 6.67 Å². The molecule has 0 radical (unpaired) electrons. The van der Waals surface area contributed by atoms with Crippen molar-refractivity contribution in [1.82, 2.24) is 0 Å². The van der Waals surface area contributed by atoms with E-state index in [0.29, 0.717) is 66.1 Å². The van der Waals surface area contributed by atoms with Crippen LogP contribution in [0.25, 0.3) is 0 Å². The maximum Gasteiger partial charge on any atom is 0.113 e. The Morgan fingerprint density at radius 3 is 1.15 bits per heavy atom. The Morgan fingerprint density at radius 2 is 0.769 bits per heavy atom. The fourth-order valence-electron chi connectivity index (χ4n) is 1.91. The summed E-state index contributed by atoms with van der Waals surface area (Å²) in [5.74, 6) is 0.747. The first-order chi connectivity index (χ1) is 12.9. The van der Waals surface area contributed by atoms with Gasteiger partial charge in [-0.1, -0.05) is 12.8 Å². The fraction of sp³-hybridized carbons (Fsp3) is 1.00. The topological polar surface area (TPSA) is 55.4 Å². The average Bonchev–Trinajstić information content (AvgIpc) is 2.66. The number of halogens is 2. The second-order valence-corrected chi connectivity index (χ2v) is 5.84. The predicted molar refractivity (Wildman–Crippen MR) is 100 cm³/mol. The van der Waals surface area contributed by atoms with Gasteiger partial charge in [0.15, 0.2) is 0 Å². The van der Waals surface area contributed by atoms with E-state index in [4.69, 9.17) is 40.0 Å². The van der Waals surface area contributed by atoms with E-state index in [9.17, 15) is 4.39 Å². The molecule has 0 aliphatic carbocycles. The highest BCUT2D eigenvalue weighted by Gasteiger charge is 1.94. The third-order valence-corrected chi connectivity index (χ3v) is 3.52. The van der Waals surface area contributed by atoms with Gasteiger partial charge >= 0.3 is 0 Å². The first-order valence-corrected chi connectivity index (χ1v) is 10.0. The molecule has 6 nitrogen and oxygen atoms in total. The lowest BCUT2D eigenvalue weighted by atomic mass is 10.2. The standard InChI is InChI=1S/C18H36ClFO6/c19-5-3-1-2-4-7-21-9-11-23-13-15-25-17-18-26-16-14-24-12-10-22-8-6-20/h1-18H2. The molecule has 0 spiro atoms. The first kappa shape index (κ1) is 26.0. The normalized spacial score (nSPS) is 11.3. The third kappa shape index (κ3) is 24.0. The molecule has 0 aliphatic heterocycles. The van der Waals surface area contributed by atoms with Crippen LogP contribution in [0.3, 0.4) is 0 Å². The molecule has 0 heterocycles. The SMILES string of the molecule is FCCOCCOCCOCCOCCOCCOCCCCCCCl. The van der Waals surface area contributed by atoms with Crippen LogP contribution in [-0.2, 0) is 28.4 Å². The van der Waals surface area contributed by atoms with Gasteiger partial charge in [0.05, 0.1) is 72.7 Å². The summed E-state index contributed by atoms with van der Waals surface area (Å²) in [5.41, 5.74) is 0. The summed E-state index contributed by atoms with van der Waals surface area (Å²) in [6.45, 7) is 5.68. The zero-order valence-electron chi connectivity index (χ0n) is 15.9. The van der Waals surface area contributed by atoms with Crippen molar-refractivity contribution in [3.05, 3.63) is 0 Å². The molecule has 26 heavy (non-hydrogen) atoms. The summed E-state index contributed by atoms with van der Waals surface area (Å²) >= 11 is 5.61. The van der Waals surface area contributed by atoms with Crippen LogP contribution in [0.5, 0.6) is 0 Å². The lowest BCUT2D eigenvalue weighted by Gasteiger charge is -2.08. The maximum absolute atomic E-state index is 11.7. The summed E-state index contributed by atoms with van der Waals surface area (Å²) in [7, 11) is 0. The molecule has 0 saturated carbocycles. The van der Waals surface area contributed by atoms with Crippen molar-refractivity contribution in [3.8, 4) is 0 Å². The highest BCUT2D eigenvalue weighted by molar-refractivity contribution is 6.17. The molecule has 0 saturated heterocycles. The quantitative estimate of drug-likeness (QED) is 0.193.